The summed E-state index contributed by atoms with van der Waals surface area (Å²) < 4.78 is 0. The number of nitrogens with one attached hydrogen (secondary N) is 1. The van der Waals surface area contributed by atoms with Crippen LogP contribution in [-0.2, 0) is 16.1 Å². The van der Waals surface area contributed by atoms with Gasteiger partial charge in [-0.15, -0.1) is 0 Å². The van der Waals surface area contributed by atoms with Crippen LogP contribution in [0, 0.1) is 0 Å². The first kappa shape index (κ1) is 15.5. The Hall–Kier alpha value is -1.55. The van der Waals surface area contributed by atoms with E-state index in [2.05, 4.69) is 5.32 Å². The minimum atomic E-state index is -0.575. The summed E-state index contributed by atoms with van der Waals surface area (Å²) >= 11 is 5.77. The van der Waals surface area contributed by atoms with Crippen molar-refractivity contribution >= 4 is 23.4 Å². The number of hydrogen-bond donors (Lipinski definition) is 1. The smallest absolute Gasteiger partial charge is 0.311 e. The maximum Gasteiger partial charge on any atom is 0.311 e. The Balaban J connectivity index is 2.42. The standard InChI is InChI=1S/C14H19ClN2O2/c1-3-4-9-17(2)14(19)13(18)16-10-11-5-7-12(15)8-6-11/h5-8H,3-4,9-10H2,1-2H3,(H,16,18). The number of amides is 2. The third kappa shape index (κ3) is 5.30. The molecule has 0 fully saturated rings. The van der Waals surface area contributed by atoms with Gasteiger partial charge in [-0.05, 0) is 24.1 Å². The average molecular weight is 283 g/mol. The van der Waals surface area contributed by atoms with Crippen molar-refractivity contribution in [3.8, 4) is 0 Å². The molecule has 5 heteroatoms. The van der Waals surface area contributed by atoms with E-state index in [4.69, 9.17) is 11.6 Å². The first-order chi connectivity index (χ1) is 9.04. The van der Waals surface area contributed by atoms with Crippen LogP contribution in [0.5, 0.6) is 0 Å². The molecule has 0 heterocycles. The van der Waals surface area contributed by atoms with E-state index >= 15 is 0 Å². The Kier molecular flexibility index (Phi) is 6.36. The van der Waals surface area contributed by atoms with Crippen LogP contribution < -0.4 is 5.32 Å². The number of unbranched alkanes of at least 4 members (excludes halogenated alkanes) is 1. The van der Waals surface area contributed by atoms with Crippen LogP contribution in [0.3, 0.4) is 0 Å². The molecule has 0 aliphatic carbocycles. The molecule has 0 atom stereocenters. The number of halogens is 1. The predicted molar refractivity (Wildman–Crippen MR) is 75.8 cm³/mol. The van der Waals surface area contributed by atoms with Crippen molar-refractivity contribution in [2.75, 3.05) is 13.6 Å². The minimum absolute atomic E-state index is 0.323. The van der Waals surface area contributed by atoms with Gasteiger partial charge in [0.2, 0.25) is 0 Å². The number of benzene rings is 1. The van der Waals surface area contributed by atoms with Crippen LogP contribution in [0.4, 0.5) is 0 Å². The molecule has 4 nitrogen and oxygen atoms in total. The highest BCUT2D eigenvalue weighted by Crippen LogP contribution is 2.09. The van der Waals surface area contributed by atoms with Gasteiger partial charge in [0.15, 0.2) is 0 Å². The summed E-state index contributed by atoms with van der Waals surface area (Å²) in [6, 6.07) is 7.12. The van der Waals surface area contributed by atoms with Crippen LogP contribution in [0.15, 0.2) is 24.3 Å². The topological polar surface area (TPSA) is 49.4 Å². The summed E-state index contributed by atoms with van der Waals surface area (Å²) in [6.07, 6.45) is 1.89. The van der Waals surface area contributed by atoms with Crippen LogP contribution in [0.1, 0.15) is 25.3 Å². The maximum atomic E-state index is 11.7. The van der Waals surface area contributed by atoms with Gasteiger partial charge < -0.3 is 10.2 Å². The Labute approximate surface area is 118 Å². The average Bonchev–Trinajstić information content (AvgIpc) is 2.42. The van der Waals surface area contributed by atoms with Crippen molar-refractivity contribution in [1.82, 2.24) is 10.2 Å². The number of rotatable bonds is 5. The molecule has 0 aliphatic heterocycles. The number of nitrogens with zero attached hydrogens (tertiary/aromatic N) is 1. The van der Waals surface area contributed by atoms with Crippen molar-refractivity contribution < 1.29 is 9.59 Å². The molecule has 0 unspecified atom stereocenters. The molecule has 0 saturated heterocycles. The molecule has 1 aromatic carbocycles. The van der Waals surface area contributed by atoms with Gasteiger partial charge in [0.05, 0.1) is 0 Å². The van der Waals surface area contributed by atoms with Crippen molar-refractivity contribution in [3.63, 3.8) is 0 Å². The Bertz CT molecular complexity index is 432. The molecular weight excluding hydrogens is 264 g/mol. The first-order valence-electron chi connectivity index (χ1n) is 6.32. The molecule has 104 valence electrons. The molecule has 0 bridgehead atoms. The highest BCUT2D eigenvalue weighted by atomic mass is 35.5. The zero-order chi connectivity index (χ0) is 14.3. The van der Waals surface area contributed by atoms with Gasteiger partial charge >= 0.3 is 11.8 Å². The molecule has 1 aromatic rings. The van der Waals surface area contributed by atoms with Gasteiger partial charge in [0, 0.05) is 25.2 Å². The Morgan fingerprint density at radius 2 is 1.89 bits per heavy atom. The van der Waals surface area contributed by atoms with E-state index in [-0.39, 0.29) is 0 Å². The zero-order valence-corrected chi connectivity index (χ0v) is 12.0. The summed E-state index contributed by atoms with van der Waals surface area (Å²) in [6.45, 7) is 2.96. The molecule has 1 rings (SSSR count). The van der Waals surface area contributed by atoms with E-state index < -0.39 is 11.8 Å². The summed E-state index contributed by atoms with van der Waals surface area (Å²) in [7, 11) is 1.64. The SMILES string of the molecule is CCCCN(C)C(=O)C(=O)NCc1ccc(Cl)cc1. The van der Waals surface area contributed by atoms with E-state index in [9.17, 15) is 9.59 Å². The lowest BCUT2D eigenvalue weighted by atomic mass is 10.2. The molecule has 0 aliphatic rings. The molecule has 1 N–H and O–H groups in total. The number of hydrogen-bond acceptors (Lipinski definition) is 2. The lowest BCUT2D eigenvalue weighted by molar-refractivity contribution is -0.145. The lowest BCUT2D eigenvalue weighted by Crippen LogP contribution is -2.41. The fourth-order valence-electron chi connectivity index (χ4n) is 1.53. The monoisotopic (exact) mass is 282 g/mol. The van der Waals surface area contributed by atoms with Crippen LogP contribution in [0.25, 0.3) is 0 Å². The van der Waals surface area contributed by atoms with Gasteiger partial charge in [-0.2, -0.15) is 0 Å². The number of carbonyl (C=O) groups is 2. The minimum Gasteiger partial charge on any atom is -0.344 e. The second kappa shape index (κ2) is 7.79. The van der Waals surface area contributed by atoms with Gasteiger partial charge in [-0.3, -0.25) is 9.59 Å². The summed E-state index contributed by atoms with van der Waals surface area (Å²) in [5, 5.41) is 3.25. The first-order valence-corrected chi connectivity index (χ1v) is 6.70. The van der Waals surface area contributed by atoms with Crippen LogP contribution >= 0.6 is 11.6 Å². The third-order valence-electron chi connectivity index (χ3n) is 2.75. The van der Waals surface area contributed by atoms with E-state index in [1.807, 2.05) is 19.1 Å². The van der Waals surface area contributed by atoms with Gasteiger partial charge in [-0.25, -0.2) is 0 Å². The lowest BCUT2D eigenvalue weighted by Gasteiger charge is -2.16. The van der Waals surface area contributed by atoms with Gasteiger partial charge in [0.25, 0.3) is 0 Å². The van der Waals surface area contributed by atoms with E-state index in [1.165, 1.54) is 4.90 Å². The normalized spacial score (nSPS) is 10.1. The molecule has 0 aromatic heterocycles. The zero-order valence-electron chi connectivity index (χ0n) is 11.3. The molecular formula is C14H19ClN2O2. The molecule has 2 amide bonds. The summed E-state index contributed by atoms with van der Waals surface area (Å²) in [5.74, 6) is -1.07. The van der Waals surface area contributed by atoms with Crippen LogP contribution in [-0.4, -0.2) is 30.3 Å². The highest BCUT2D eigenvalue weighted by Gasteiger charge is 2.17. The molecule has 0 radical (unpaired) electrons. The second-order valence-electron chi connectivity index (χ2n) is 4.39. The summed E-state index contributed by atoms with van der Waals surface area (Å²) in [5.41, 5.74) is 0.904. The van der Waals surface area contributed by atoms with Gasteiger partial charge in [-0.1, -0.05) is 37.1 Å². The highest BCUT2D eigenvalue weighted by molar-refractivity contribution is 6.34. The maximum absolute atomic E-state index is 11.7. The fourth-order valence-corrected chi connectivity index (χ4v) is 1.66. The van der Waals surface area contributed by atoms with E-state index in [0.717, 1.165) is 18.4 Å². The summed E-state index contributed by atoms with van der Waals surface area (Å²) in [4.78, 5) is 24.8. The fraction of sp³-hybridized carbons (Fsp3) is 0.429. The number of carbonyl (C=O) groups excluding carboxylic acids is 2. The van der Waals surface area contributed by atoms with Crippen molar-refractivity contribution in [1.29, 1.82) is 0 Å². The van der Waals surface area contributed by atoms with Crippen molar-refractivity contribution in [2.24, 2.45) is 0 Å². The Morgan fingerprint density at radius 3 is 2.47 bits per heavy atom. The quantitative estimate of drug-likeness (QED) is 0.842. The largest absolute Gasteiger partial charge is 0.344 e. The van der Waals surface area contributed by atoms with E-state index in [0.29, 0.717) is 18.1 Å². The van der Waals surface area contributed by atoms with Crippen molar-refractivity contribution in [3.05, 3.63) is 34.9 Å². The third-order valence-corrected chi connectivity index (χ3v) is 3.01. The van der Waals surface area contributed by atoms with Crippen molar-refractivity contribution in [2.45, 2.75) is 26.3 Å². The molecule has 0 saturated carbocycles. The number of likely N-dealkylation sites (N-methyl/N-ethyl adjacent to an activating group) is 1. The second-order valence-corrected chi connectivity index (χ2v) is 4.83. The van der Waals surface area contributed by atoms with Crippen LogP contribution in [0.2, 0.25) is 5.02 Å². The predicted octanol–water partition coefficient (Wildman–Crippen LogP) is 2.21. The van der Waals surface area contributed by atoms with Gasteiger partial charge in [0.1, 0.15) is 0 Å². The van der Waals surface area contributed by atoms with E-state index in [1.54, 1.807) is 19.2 Å². The molecule has 0 spiro atoms. The Morgan fingerprint density at radius 1 is 1.26 bits per heavy atom. The molecule has 19 heavy (non-hydrogen) atoms.